The van der Waals surface area contributed by atoms with Gasteiger partial charge in [0.25, 0.3) is 0 Å². The summed E-state index contributed by atoms with van der Waals surface area (Å²) in [7, 11) is 0. The minimum atomic E-state index is 0.794. The highest BCUT2D eigenvalue weighted by Crippen LogP contribution is 2.00. The molecule has 0 aliphatic heterocycles. The smallest absolute Gasteiger partial charge is 0.190 e. The van der Waals surface area contributed by atoms with Crippen molar-refractivity contribution in [1.82, 2.24) is 9.97 Å². The standard InChI is InChI=1S/C4H2I2N2/c5-3-1-7-4(6)8-2-3/h1-2H. The Morgan fingerprint density at radius 1 is 1.12 bits per heavy atom. The molecule has 0 aliphatic carbocycles. The zero-order valence-corrected chi connectivity index (χ0v) is 8.12. The van der Waals surface area contributed by atoms with Gasteiger partial charge in [-0.2, -0.15) is 0 Å². The van der Waals surface area contributed by atoms with E-state index in [4.69, 9.17) is 0 Å². The third-order valence-electron chi connectivity index (χ3n) is 0.589. The molecule has 0 N–H and O–H groups in total. The Hall–Kier alpha value is 0.540. The molecule has 0 atom stereocenters. The summed E-state index contributed by atoms with van der Waals surface area (Å²) in [6.07, 6.45) is 3.57. The molecule has 0 fully saturated rings. The fourth-order valence-electron chi connectivity index (χ4n) is 0.297. The van der Waals surface area contributed by atoms with Gasteiger partial charge in [-0.3, -0.25) is 0 Å². The Kier molecular flexibility index (Phi) is 2.42. The molecule has 4 heteroatoms. The van der Waals surface area contributed by atoms with Crippen LogP contribution in [0.25, 0.3) is 0 Å². The van der Waals surface area contributed by atoms with Crippen LogP contribution >= 0.6 is 45.2 Å². The van der Waals surface area contributed by atoms with Crippen LogP contribution < -0.4 is 0 Å². The van der Waals surface area contributed by atoms with Crippen molar-refractivity contribution in [2.75, 3.05) is 0 Å². The molecule has 8 heavy (non-hydrogen) atoms. The van der Waals surface area contributed by atoms with Crippen molar-refractivity contribution in [3.8, 4) is 0 Å². The number of rotatable bonds is 0. The molecule has 1 aromatic rings. The maximum atomic E-state index is 3.95. The highest BCUT2D eigenvalue weighted by molar-refractivity contribution is 14.1. The molecule has 1 aromatic heterocycles. The van der Waals surface area contributed by atoms with Crippen LogP contribution in [0.1, 0.15) is 0 Å². The number of halogens is 2. The zero-order chi connectivity index (χ0) is 5.98. The molecule has 0 aromatic carbocycles. The second kappa shape index (κ2) is 2.90. The Morgan fingerprint density at radius 3 is 2.00 bits per heavy atom. The highest BCUT2D eigenvalue weighted by atomic mass is 127. The molecule has 1 heterocycles. The van der Waals surface area contributed by atoms with Crippen molar-refractivity contribution in [2.45, 2.75) is 0 Å². The highest BCUT2D eigenvalue weighted by Gasteiger charge is 1.85. The lowest BCUT2D eigenvalue weighted by molar-refractivity contribution is 1.09. The molecule has 0 bridgehead atoms. The van der Waals surface area contributed by atoms with E-state index in [0.29, 0.717) is 0 Å². The second-order valence-corrected chi connectivity index (χ2v) is 3.38. The average molecular weight is 332 g/mol. The number of hydrogen-bond acceptors (Lipinski definition) is 2. The van der Waals surface area contributed by atoms with Gasteiger partial charge in [-0.25, -0.2) is 9.97 Å². The molecule has 0 radical (unpaired) electrons. The molecule has 0 aliphatic rings. The van der Waals surface area contributed by atoms with Crippen molar-refractivity contribution in [2.24, 2.45) is 0 Å². The van der Waals surface area contributed by atoms with E-state index < -0.39 is 0 Å². The summed E-state index contributed by atoms with van der Waals surface area (Å²) in [5.41, 5.74) is 0. The van der Waals surface area contributed by atoms with Gasteiger partial charge in [0.1, 0.15) is 0 Å². The van der Waals surface area contributed by atoms with Gasteiger partial charge >= 0.3 is 0 Å². The van der Waals surface area contributed by atoms with Crippen molar-refractivity contribution < 1.29 is 0 Å². The maximum absolute atomic E-state index is 3.95. The van der Waals surface area contributed by atoms with E-state index in [1.54, 1.807) is 12.4 Å². The molecule has 2 nitrogen and oxygen atoms in total. The Morgan fingerprint density at radius 2 is 1.62 bits per heavy atom. The van der Waals surface area contributed by atoms with Crippen molar-refractivity contribution in [1.29, 1.82) is 0 Å². The number of nitrogens with zero attached hydrogens (tertiary/aromatic N) is 2. The van der Waals surface area contributed by atoms with Crippen LogP contribution in [-0.4, -0.2) is 9.97 Å². The molecule has 0 spiro atoms. The van der Waals surface area contributed by atoms with Crippen LogP contribution in [0.15, 0.2) is 12.4 Å². The van der Waals surface area contributed by atoms with E-state index in [9.17, 15) is 0 Å². The van der Waals surface area contributed by atoms with E-state index in [0.717, 1.165) is 7.40 Å². The molecule has 0 saturated carbocycles. The van der Waals surface area contributed by atoms with E-state index >= 15 is 0 Å². The van der Waals surface area contributed by atoms with Crippen molar-refractivity contribution in [3.05, 3.63) is 19.8 Å². The van der Waals surface area contributed by atoms with Crippen LogP contribution in [-0.2, 0) is 0 Å². The summed E-state index contributed by atoms with van der Waals surface area (Å²) < 4.78 is 1.87. The average Bonchev–Trinajstić information content (AvgIpc) is 1.77. The fraction of sp³-hybridized carbons (Fsp3) is 0. The minimum absolute atomic E-state index is 0.794. The van der Waals surface area contributed by atoms with Crippen LogP contribution in [0.3, 0.4) is 0 Å². The van der Waals surface area contributed by atoms with Crippen LogP contribution in [0.5, 0.6) is 0 Å². The first-order valence-corrected chi connectivity index (χ1v) is 4.08. The van der Waals surface area contributed by atoms with Crippen LogP contribution in [0.2, 0.25) is 0 Å². The third kappa shape index (κ3) is 1.81. The lowest BCUT2D eigenvalue weighted by Crippen LogP contribution is -1.84. The van der Waals surface area contributed by atoms with E-state index in [-0.39, 0.29) is 0 Å². The summed E-state index contributed by atoms with van der Waals surface area (Å²) >= 11 is 4.24. The van der Waals surface area contributed by atoms with E-state index in [2.05, 4.69) is 55.1 Å². The Balaban J connectivity index is 3.03. The summed E-state index contributed by atoms with van der Waals surface area (Å²) in [6.45, 7) is 0. The minimum Gasteiger partial charge on any atom is -0.230 e. The van der Waals surface area contributed by atoms with Gasteiger partial charge in [-0.05, 0) is 22.6 Å². The molecule has 0 amide bonds. The zero-order valence-electron chi connectivity index (χ0n) is 3.81. The van der Waals surface area contributed by atoms with Crippen molar-refractivity contribution >= 4 is 45.2 Å². The van der Waals surface area contributed by atoms with E-state index in [1.807, 2.05) is 0 Å². The first-order chi connectivity index (χ1) is 3.79. The van der Waals surface area contributed by atoms with E-state index in [1.165, 1.54) is 0 Å². The molecule has 0 unspecified atom stereocenters. The Labute approximate surface area is 74.4 Å². The van der Waals surface area contributed by atoms with Gasteiger partial charge in [0.2, 0.25) is 0 Å². The molecule has 42 valence electrons. The SMILES string of the molecule is Ic1cnc(I)nc1. The van der Waals surface area contributed by atoms with Crippen LogP contribution in [0.4, 0.5) is 0 Å². The second-order valence-electron chi connectivity index (χ2n) is 1.17. The first-order valence-electron chi connectivity index (χ1n) is 1.92. The topological polar surface area (TPSA) is 25.8 Å². The predicted molar refractivity (Wildman–Crippen MR) is 47.5 cm³/mol. The monoisotopic (exact) mass is 332 g/mol. The summed E-state index contributed by atoms with van der Waals surface area (Å²) in [5.74, 6) is 0. The normalized spacial score (nSPS) is 9.25. The van der Waals surface area contributed by atoms with Gasteiger partial charge in [-0.15, -0.1) is 0 Å². The maximum Gasteiger partial charge on any atom is 0.190 e. The molecular weight excluding hydrogens is 330 g/mol. The quantitative estimate of drug-likeness (QED) is 0.534. The van der Waals surface area contributed by atoms with Gasteiger partial charge in [0.05, 0.1) is 0 Å². The largest absolute Gasteiger partial charge is 0.230 e. The van der Waals surface area contributed by atoms with Crippen LogP contribution in [0, 0.1) is 7.40 Å². The Bertz CT molecular complexity index is 151. The predicted octanol–water partition coefficient (Wildman–Crippen LogP) is 1.69. The molecule has 0 saturated heterocycles. The number of hydrogen-bond donors (Lipinski definition) is 0. The lowest BCUT2D eigenvalue weighted by atomic mass is 10.7. The summed E-state index contributed by atoms with van der Waals surface area (Å²) in [5, 5.41) is 0. The van der Waals surface area contributed by atoms with Gasteiger partial charge in [0, 0.05) is 38.6 Å². The van der Waals surface area contributed by atoms with Gasteiger partial charge in [0.15, 0.2) is 3.83 Å². The third-order valence-corrected chi connectivity index (χ3v) is 1.70. The first kappa shape index (κ1) is 6.66. The number of aromatic nitrogens is 2. The van der Waals surface area contributed by atoms with Crippen molar-refractivity contribution in [3.63, 3.8) is 0 Å². The van der Waals surface area contributed by atoms with Gasteiger partial charge < -0.3 is 0 Å². The lowest BCUT2D eigenvalue weighted by Gasteiger charge is -1.85. The molecular formula is C4H2I2N2. The fourth-order valence-corrected chi connectivity index (χ4v) is 0.854. The summed E-state index contributed by atoms with van der Waals surface area (Å²) in [4.78, 5) is 7.89. The molecule has 1 rings (SSSR count). The summed E-state index contributed by atoms with van der Waals surface area (Å²) in [6, 6.07) is 0. The van der Waals surface area contributed by atoms with Gasteiger partial charge in [-0.1, -0.05) is 0 Å².